The van der Waals surface area contributed by atoms with Gasteiger partial charge in [0.15, 0.2) is 0 Å². The number of imidazole rings is 1. The molecule has 0 radical (unpaired) electrons. The van der Waals surface area contributed by atoms with Gasteiger partial charge in [0.25, 0.3) is 0 Å². The van der Waals surface area contributed by atoms with Crippen molar-refractivity contribution in [3.63, 3.8) is 0 Å². The molecule has 130 valence electrons. The van der Waals surface area contributed by atoms with Crippen LogP contribution in [0.25, 0.3) is 0 Å². The summed E-state index contributed by atoms with van der Waals surface area (Å²) < 4.78 is 9.46. The summed E-state index contributed by atoms with van der Waals surface area (Å²) in [5, 5.41) is 10.2. The van der Waals surface area contributed by atoms with Crippen molar-refractivity contribution in [2.45, 2.75) is 38.3 Å². The smallest absolute Gasteiger partial charge is 0.320 e. The Balaban J connectivity index is 1.58. The van der Waals surface area contributed by atoms with Crippen molar-refractivity contribution in [2.24, 2.45) is 14.1 Å². The molecule has 0 spiro atoms. The third kappa shape index (κ3) is 3.59. The highest BCUT2D eigenvalue weighted by Crippen LogP contribution is 2.27. The number of aromatic nitrogens is 4. The molecule has 2 aromatic heterocycles. The Hall–Kier alpha value is -2.35. The van der Waals surface area contributed by atoms with Crippen molar-refractivity contribution in [3.8, 4) is 0 Å². The molecular weight excluding hydrogens is 308 g/mol. The minimum Gasteiger partial charge on any atom is -0.372 e. The number of amides is 2. The van der Waals surface area contributed by atoms with Crippen LogP contribution in [-0.4, -0.2) is 38.0 Å². The van der Waals surface area contributed by atoms with E-state index in [2.05, 4.69) is 20.7 Å². The van der Waals surface area contributed by atoms with Crippen LogP contribution >= 0.6 is 0 Å². The van der Waals surface area contributed by atoms with Crippen molar-refractivity contribution in [2.75, 3.05) is 11.9 Å². The number of carbonyl (C=O) groups is 1. The van der Waals surface area contributed by atoms with Crippen LogP contribution in [0.2, 0.25) is 0 Å². The van der Waals surface area contributed by atoms with E-state index in [1.807, 2.05) is 37.8 Å². The van der Waals surface area contributed by atoms with Gasteiger partial charge in [0, 0.05) is 32.8 Å². The topological polar surface area (TPSA) is 86.0 Å². The molecule has 24 heavy (non-hydrogen) atoms. The third-order valence-corrected chi connectivity index (χ3v) is 4.34. The fraction of sp³-hybridized carbons (Fsp3) is 0.562. The van der Waals surface area contributed by atoms with Gasteiger partial charge in [-0.3, -0.25) is 10.00 Å². The van der Waals surface area contributed by atoms with E-state index in [0.717, 1.165) is 30.7 Å². The lowest BCUT2D eigenvalue weighted by Crippen LogP contribution is -2.42. The summed E-state index contributed by atoms with van der Waals surface area (Å²) in [5.74, 6) is 0.694. The number of hydrogen-bond donors (Lipinski definition) is 2. The van der Waals surface area contributed by atoms with E-state index in [4.69, 9.17) is 4.74 Å². The first-order valence-electron chi connectivity index (χ1n) is 8.25. The summed E-state index contributed by atoms with van der Waals surface area (Å²) in [6.07, 6.45) is 5.90. The fourth-order valence-corrected chi connectivity index (χ4v) is 2.97. The average molecular weight is 332 g/mol. The standard InChI is InChI=1S/C16H24N6O2/c1-4-11-8-15(22(3)20-11)19-16(23)18-12-5-6-24-14(7-12)13-9-17-10-21(13)2/h8-10,12,14H,4-7H2,1-3H3,(H2,18,19,23)/t12-,14+/m1/s1. The van der Waals surface area contributed by atoms with Crippen LogP contribution in [0.5, 0.6) is 0 Å². The van der Waals surface area contributed by atoms with Crippen LogP contribution < -0.4 is 10.6 Å². The number of urea groups is 1. The quantitative estimate of drug-likeness (QED) is 0.893. The molecule has 3 heterocycles. The number of ether oxygens (including phenoxy) is 1. The molecule has 1 aliphatic heterocycles. The fourth-order valence-electron chi connectivity index (χ4n) is 2.97. The molecule has 2 amide bonds. The number of anilines is 1. The Bertz CT molecular complexity index is 707. The molecular formula is C16H24N6O2. The normalized spacial score (nSPS) is 20.8. The summed E-state index contributed by atoms with van der Waals surface area (Å²) in [6, 6.07) is 1.75. The number of rotatable bonds is 4. The summed E-state index contributed by atoms with van der Waals surface area (Å²) >= 11 is 0. The van der Waals surface area contributed by atoms with Crippen molar-refractivity contribution in [1.82, 2.24) is 24.6 Å². The lowest BCUT2D eigenvalue weighted by atomic mass is 10.0. The maximum absolute atomic E-state index is 12.3. The molecule has 0 unspecified atom stereocenters. The van der Waals surface area contributed by atoms with Crippen molar-refractivity contribution >= 4 is 11.8 Å². The highest BCUT2D eigenvalue weighted by Gasteiger charge is 2.27. The maximum Gasteiger partial charge on any atom is 0.320 e. The largest absolute Gasteiger partial charge is 0.372 e. The van der Waals surface area contributed by atoms with Gasteiger partial charge in [-0.1, -0.05) is 6.92 Å². The second-order valence-corrected chi connectivity index (χ2v) is 6.11. The molecule has 1 fully saturated rings. The molecule has 2 aromatic rings. The van der Waals surface area contributed by atoms with Gasteiger partial charge in [-0.15, -0.1) is 0 Å². The molecule has 2 atom stereocenters. The summed E-state index contributed by atoms with van der Waals surface area (Å²) in [5.41, 5.74) is 1.98. The zero-order valence-electron chi connectivity index (χ0n) is 14.3. The van der Waals surface area contributed by atoms with E-state index >= 15 is 0 Å². The molecule has 8 nitrogen and oxygen atoms in total. The third-order valence-electron chi connectivity index (χ3n) is 4.34. The second kappa shape index (κ2) is 7.04. The SMILES string of the molecule is CCc1cc(NC(=O)N[C@@H]2CCO[C@H](c3cncn3C)C2)n(C)n1. The van der Waals surface area contributed by atoms with Crippen molar-refractivity contribution in [1.29, 1.82) is 0 Å². The number of aryl methyl sites for hydroxylation is 3. The lowest BCUT2D eigenvalue weighted by molar-refractivity contribution is -0.00151. The summed E-state index contributed by atoms with van der Waals surface area (Å²) in [6.45, 7) is 2.65. The van der Waals surface area contributed by atoms with E-state index < -0.39 is 0 Å². The van der Waals surface area contributed by atoms with Crippen LogP contribution in [0, 0.1) is 0 Å². The van der Waals surface area contributed by atoms with Crippen LogP contribution in [0.4, 0.5) is 10.6 Å². The Morgan fingerprint density at radius 3 is 2.96 bits per heavy atom. The van der Waals surface area contributed by atoms with Crippen LogP contribution in [0.3, 0.4) is 0 Å². The van der Waals surface area contributed by atoms with Gasteiger partial charge in [0.1, 0.15) is 11.9 Å². The minimum atomic E-state index is -0.212. The highest BCUT2D eigenvalue weighted by molar-refractivity contribution is 5.88. The number of hydrogen-bond acceptors (Lipinski definition) is 4. The lowest BCUT2D eigenvalue weighted by Gasteiger charge is -2.30. The first-order chi connectivity index (χ1) is 11.6. The van der Waals surface area contributed by atoms with Crippen LogP contribution in [-0.2, 0) is 25.3 Å². The van der Waals surface area contributed by atoms with Gasteiger partial charge >= 0.3 is 6.03 Å². The van der Waals surface area contributed by atoms with E-state index in [0.29, 0.717) is 12.4 Å². The Morgan fingerprint density at radius 1 is 1.46 bits per heavy atom. The first kappa shape index (κ1) is 16.5. The maximum atomic E-state index is 12.3. The Morgan fingerprint density at radius 2 is 2.29 bits per heavy atom. The molecule has 1 saturated heterocycles. The molecule has 2 N–H and O–H groups in total. The van der Waals surface area contributed by atoms with Gasteiger partial charge in [0.2, 0.25) is 0 Å². The second-order valence-electron chi connectivity index (χ2n) is 6.11. The van der Waals surface area contributed by atoms with Crippen LogP contribution in [0.15, 0.2) is 18.6 Å². The Labute approximate surface area is 141 Å². The van der Waals surface area contributed by atoms with Gasteiger partial charge in [-0.2, -0.15) is 5.10 Å². The van der Waals surface area contributed by atoms with Crippen molar-refractivity contribution in [3.05, 3.63) is 30.0 Å². The molecule has 1 aliphatic rings. The number of carbonyl (C=O) groups excluding carboxylic acids is 1. The zero-order chi connectivity index (χ0) is 17.1. The van der Waals surface area contributed by atoms with Gasteiger partial charge in [-0.25, -0.2) is 9.78 Å². The van der Waals surface area contributed by atoms with Gasteiger partial charge in [0.05, 0.1) is 23.9 Å². The predicted molar refractivity (Wildman–Crippen MR) is 89.7 cm³/mol. The average Bonchev–Trinajstić information content (AvgIpc) is 3.13. The minimum absolute atomic E-state index is 0.0417. The molecule has 8 heteroatoms. The van der Waals surface area contributed by atoms with Gasteiger partial charge < -0.3 is 14.6 Å². The highest BCUT2D eigenvalue weighted by atomic mass is 16.5. The summed E-state index contributed by atoms with van der Waals surface area (Å²) in [4.78, 5) is 16.4. The number of nitrogens with zero attached hydrogens (tertiary/aromatic N) is 4. The monoisotopic (exact) mass is 332 g/mol. The molecule has 0 saturated carbocycles. The van der Waals surface area contributed by atoms with Gasteiger partial charge in [-0.05, 0) is 19.3 Å². The van der Waals surface area contributed by atoms with E-state index in [1.165, 1.54) is 0 Å². The first-order valence-corrected chi connectivity index (χ1v) is 8.25. The van der Waals surface area contributed by atoms with E-state index in [1.54, 1.807) is 11.0 Å². The van der Waals surface area contributed by atoms with Crippen LogP contribution in [0.1, 0.15) is 37.3 Å². The van der Waals surface area contributed by atoms with E-state index in [9.17, 15) is 4.79 Å². The number of nitrogens with one attached hydrogen (secondary N) is 2. The Kier molecular flexibility index (Phi) is 4.84. The zero-order valence-corrected chi connectivity index (χ0v) is 14.3. The molecule has 0 aliphatic carbocycles. The molecule has 0 bridgehead atoms. The predicted octanol–water partition coefficient (Wildman–Crippen LogP) is 1.76. The summed E-state index contributed by atoms with van der Waals surface area (Å²) in [7, 11) is 3.77. The van der Waals surface area contributed by atoms with E-state index in [-0.39, 0.29) is 18.2 Å². The van der Waals surface area contributed by atoms with Crippen molar-refractivity contribution < 1.29 is 9.53 Å². The molecule has 0 aromatic carbocycles. The molecule has 3 rings (SSSR count).